The first kappa shape index (κ1) is 13.1. The van der Waals surface area contributed by atoms with Crippen LogP contribution in [0.4, 0.5) is 5.82 Å². The monoisotopic (exact) mass is 277 g/mol. The molecule has 2 heterocycles. The molecule has 104 valence electrons. The Bertz CT molecular complexity index is 771. The smallest absolute Gasteiger partial charge is 0.127 e. The van der Waals surface area contributed by atoms with Gasteiger partial charge in [-0.2, -0.15) is 10.4 Å². The Hall–Kier alpha value is -2.87. The number of rotatable bonds is 5. The summed E-state index contributed by atoms with van der Waals surface area (Å²) in [6, 6.07) is 13.6. The standard InChI is InChI=1S/C16H15N5/c17-12-13-11-16(20-15-6-2-1-5-14(13)15)18-7-3-9-21-10-4-8-19-21/h1-2,4-6,8,10-11H,3,7,9H2,(H,18,20). The number of aryl methyl sites for hydroxylation is 1. The predicted octanol–water partition coefficient (Wildman–Crippen LogP) is 2.81. The number of hydrogen-bond acceptors (Lipinski definition) is 4. The van der Waals surface area contributed by atoms with E-state index in [4.69, 9.17) is 0 Å². The maximum absolute atomic E-state index is 9.24. The van der Waals surface area contributed by atoms with E-state index in [2.05, 4.69) is 21.5 Å². The van der Waals surface area contributed by atoms with Crippen LogP contribution in [-0.2, 0) is 6.54 Å². The number of fused-ring (bicyclic) bond motifs is 1. The van der Waals surface area contributed by atoms with E-state index in [1.807, 2.05) is 41.2 Å². The first-order chi connectivity index (χ1) is 10.4. The van der Waals surface area contributed by atoms with E-state index in [0.29, 0.717) is 5.56 Å². The topological polar surface area (TPSA) is 66.5 Å². The van der Waals surface area contributed by atoms with Gasteiger partial charge in [0.1, 0.15) is 5.82 Å². The van der Waals surface area contributed by atoms with Gasteiger partial charge in [0.25, 0.3) is 0 Å². The number of aromatic nitrogens is 3. The number of benzene rings is 1. The van der Waals surface area contributed by atoms with Crippen LogP contribution in [0.5, 0.6) is 0 Å². The molecule has 5 nitrogen and oxygen atoms in total. The summed E-state index contributed by atoms with van der Waals surface area (Å²) in [4.78, 5) is 4.53. The van der Waals surface area contributed by atoms with Crippen LogP contribution >= 0.6 is 0 Å². The van der Waals surface area contributed by atoms with Crippen LogP contribution in [0.2, 0.25) is 0 Å². The van der Waals surface area contributed by atoms with E-state index in [9.17, 15) is 5.26 Å². The first-order valence-electron chi connectivity index (χ1n) is 6.88. The van der Waals surface area contributed by atoms with Crippen molar-refractivity contribution in [2.45, 2.75) is 13.0 Å². The van der Waals surface area contributed by atoms with Gasteiger partial charge in [0, 0.05) is 30.9 Å². The predicted molar refractivity (Wildman–Crippen MR) is 81.8 cm³/mol. The minimum atomic E-state index is 0.648. The number of nitrogens with zero attached hydrogens (tertiary/aromatic N) is 4. The van der Waals surface area contributed by atoms with E-state index < -0.39 is 0 Å². The van der Waals surface area contributed by atoms with Gasteiger partial charge in [-0.3, -0.25) is 4.68 Å². The lowest BCUT2D eigenvalue weighted by atomic mass is 10.1. The van der Waals surface area contributed by atoms with Gasteiger partial charge in [-0.1, -0.05) is 18.2 Å². The molecule has 3 aromatic rings. The molecule has 2 aromatic heterocycles. The molecular weight excluding hydrogens is 262 g/mol. The van der Waals surface area contributed by atoms with Gasteiger partial charge in [-0.15, -0.1) is 0 Å². The van der Waals surface area contributed by atoms with Crippen LogP contribution in [0.3, 0.4) is 0 Å². The quantitative estimate of drug-likeness (QED) is 0.728. The number of para-hydroxylation sites is 1. The highest BCUT2D eigenvalue weighted by Crippen LogP contribution is 2.19. The highest BCUT2D eigenvalue weighted by molar-refractivity contribution is 5.86. The van der Waals surface area contributed by atoms with Crippen molar-refractivity contribution in [1.82, 2.24) is 14.8 Å². The second kappa shape index (κ2) is 6.06. The summed E-state index contributed by atoms with van der Waals surface area (Å²) < 4.78 is 1.90. The Morgan fingerprint density at radius 3 is 2.95 bits per heavy atom. The first-order valence-corrected chi connectivity index (χ1v) is 6.88. The number of anilines is 1. The Balaban J connectivity index is 1.68. The zero-order chi connectivity index (χ0) is 14.5. The van der Waals surface area contributed by atoms with Crippen molar-refractivity contribution in [1.29, 1.82) is 5.26 Å². The minimum Gasteiger partial charge on any atom is -0.370 e. The van der Waals surface area contributed by atoms with Crippen molar-refractivity contribution in [2.75, 3.05) is 11.9 Å². The van der Waals surface area contributed by atoms with Crippen molar-refractivity contribution in [3.05, 3.63) is 54.4 Å². The zero-order valence-electron chi connectivity index (χ0n) is 11.5. The fourth-order valence-corrected chi connectivity index (χ4v) is 2.25. The molecule has 0 radical (unpaired) electrons. The van der Waals surface area contributed by atoms with Crippen LogP contribution < -0.4 is 5.32 Å². The van der Waals surface area contributed by atoms with Gasteiger partial charge in [0.2, 0.25) is 0 Å². The highest BCUT2D eigenvalue weighted by Gasteiger charge is 2.04. The fourth-order valence-electron chi connectivity index (χ4n) is 2.25. The maximum atomic E-state index is 9.24. The zero-order valence-corrected chi connectivity index (χ0v) is 11.5. The summed E-state index contributed by atoms with van der Waals surface area (Å²) in [6.45, 7) is 1.65. The average molecular weight is 277 g/mol. The SMILES string of the molecule is N#Cc1cc(NCCCn2cccn2)nc2ccccc12. The lowest BCUT2D eigenvalue weighted by molar-refractivity contribution is 0.591. The third kappa shape index (κ3) is 3.00. The van der Waals surface area contributed by atoms with E-state index in [0.717, 1.165) is 36.2 Å². The van der Waals surface area contributed by atoms with Crippen LogP contribution in [-0.4, -0.2) is 21.3 Å². The summed E-state index contributed by atoms with van der Waals surface area (Å²) in [5.74, 6) is 0.741. The van der Waals surface area contributed by atoms with Crippen molar-refractivity contribution >= 4 is 16.7 Å². The van der Waals surface area contributed by atoms with Gasteiger partial charge < -0.3 is 5.32 Å². The van der Waals surface area contributed by atoms with Crippen LogP contribution in [0.1, 0.15) is 12.0 Å². The summed E-state index contributed by atoms with van der Waals surface area (Å²) in [5, 5.41) is 17.6. The summed E-state index contributed by atoms with van der Waals surface area (Å²) >= 11 is 0. The average Bonchev–Trinajstić information content (AvgIpc) is 3.04. The molecule has 1 aromatic carbocycles. The second-order valence-electron chi connectivity index (χ2n) is 4.73. The van der Waals surface area contributed by atoms with Crippen molar-refractivity contribution in [2.24, 2.45) is 0 Å². The minimum absolute atomic E-state index is 0.648. The molecule has 0 amide bonds. The molecule has 3 rings (SSSR count). The Labute approximate surface area is 122 Å². The van der Waals surface area contributed by atoms with Gasteiger partial charge in [0.05, 0.1) is 17.1 Å². The molecule has 0 spiro atoms. The van der Waals surface area contributed by atoms with Crippen LogP contribution in [0.25, 0.3) is 10.9 Å². The molecule has 0 aliphatic rings. The lowest BCUT2D eigenvalue weighted by Crippen LogP contribution is -2.08. The third-order valence-electron chi connectivity index (χ3n) is 3.27. The number of nitrogens with one attached hydrogen (secondary N) is 1. The van der Waals surface area contributed by atoms with Crippen LogP contribution in [0, 0.1) is 11.3 Å². The fraction of sp³-hybridized carbons (Fsp3) is 0.188. The molecule has 0 saturated carbocycles. The van der Waals surface area contributed by atoms with Gasteiger partial charge >= 0.3 is 0 Å². The van der Waals surface area contributed by atoms with Crippen molar-refractivity contribution in [3.63, 3.8) is 0 Å². The maximum Gasteiger partial charge on any atom is 0.127 e. The van der Waals surface area contributed by atoms with E-state index in [-0.39, 0.29) is 0 Å². The number of nitriles is 1. The molecule has 0 fully saturated rings. The summed E-state index contributed by atoms with van der Waals surface area (Å²) in [7, 11) is 0. The summed E-state index contributed by atoms with van der Waals surface area (Å²) in [5.41, 5.74) is 1.49. The van der Waals surface area contributed by atoms with Gasteiger partial charge in [-0.05, 0) is 24.6 Å². The largest absolute Gasteiger partial charge is 0.370 e. The van der Waals surface area contributed by atoms with Crippen molar-refractivity contribution < 1.29 is 0 Å². The summed E-state index contributed by atoms with van der Waals surface area (Å²) in [6.07, 6.45) is 4.66. The molecule has 21 heavy (non-hydrogen) atoms. The van der Waals surface area contributed by atoms with Gasteiger partial charge in [0.15, 0.2) is 0 Å². The molecule has 1 N–H and O–H groups in total. The molecule has 0 aliphatic heterocycles. The lowest BCUT2D eigenvalue weighted by Gasteiger charge is -2.08. The number of pyridine rings is 1. The normalized spacial score (nSPS) is 10.4. The molecule has 0 unspecified atom stereocenters. The molecule has 0 saturated heterocycles. The third-order valence-corrected chi connectivity index (χ3v) is 3.27. The molecular formula is C16H15N5. The molecule has 5 heteroatoms. The highest BCUT2D eigenvalue weighted by atomic mass is 15.3. The Morgan fingerprint density at radius 1 is 1.24 bits per heavy atom. The van der Waals surface area contributed by atoms with Crippen LogP contribution in [0.15, 0.2) is 48.8 Å². The second-order valence-corrected chi connectivity index (χ2v) is 4.73. The van der Waals surface area contributed by atoms with E-state index in [1.165, 1.54) is 0 Å². The Morgan fingerprint density at radius 2 is 2.14 bits per heavy atom. The van der Waals surface area contributed by atoms with Crippen molar-refractivity contribution in [3.8, 4) is 6.07 Å². The van der Waals surface area contributed by atoms with E-state index >= 15 is 0 Å². The van der Waals surface area contributed by atoms with E-state index in [1.54, 1.807) is 12.3 Å². The molecule has 0 aliphatic carbocycles. The van der Waals surface area contributed by atoms with Gasteiger partial charge in [-0.25, -0.2) is 4.98 Å². The number of hydrogen-bond donors (Lipinski definition) is 1. The Kier molecular flexibility index (Phi) is 3.79. The molecule has 0 bridgehead atoms. The molecule has 0 atom stereocenters.